The number of hydrogen-bond donors (Lipinski definition) is 2. The van der Waals surface area contributed by atoms with Crippen molar-refractivity contribution in [2.24, 2.45) is 0 Å². The SMILES string of the molecule is Cc1cc(Br)cc2c1N(C)C(=O)C21CCC(Nc2cccc(Br)c2)(C(=O)O)CC1. The van der Waals surface area contributed by atoms with Crippen LogP contribution in [0.5, 0.6) is 0 Å². The minimum absolute atomic E-state index is 0.0649. The molecule has 152 valence electrons. The van der Waals surface area contributed by atoms with E-state index >= 15 is 0 Å². The third kappa shape index (κ3) is 3.19. The van der Waals surface area contributed by atoms with E-state index in [1.165, 1.54) is 0 Å². The molecule has 2 aromatic carbocycles. The van der Waals surface area contributed by atoms with Crippen molar-refractivity contribution in [1.82, 2.24) is 0 Å². The van der Waals surface area contributed by atoms with Gasteiger partial charge in [0.1, 0.15) is 5.54 Å². The highest BCUT2D eigenvalue weighted by Crippen LogP contribution is 2.53. The standard InChI is InChI=1S/C22H22Br2N2O3/c1-13-10-15(24)12-17-18(13)26(2)19(27)21(17)6-8-22(9-7-21,20(28)29)25-16-5-3-4-14(23)11-16/h3-5,10-12,25H,6-9H2,1-2H3,(H,28,29). The van der Waals surface area contributed by atoms with Gasteiger partial charge in [0.05, 0.1) is 11.1 Å². The lowest BCUT2D eigenvalue weighted by Crippen LogP contribution is -2.54. The maximum Gasteiger partial charge on any atom is 0.329 e. The molecule has 1 aliphatic carbocycles. The Morgan fingerprint density at radius 3 is 2.41 bits per heavy atom. The van der Waals surface area contributed by atoms with E-state index in [0.717, 1.165) is 31.4 Å². The van der Waals surface area contributed by atoms with Crippen molar-refractivity contribution in [3.63, 3.8) is 0 Å². The molecular formula is C22H22Br2N2O3. The van der Waals surface area contributed by atoms with Crippen LogP contribution in [-0.2, 0) is 15.0 Å². The van der Waals surface area contributed by atoms with Crippen LogP contribution in [0, 0.1) is 6.92 Å². The van der Waals surface area contributed by atoms with Gasteiger partial charge in [-0.2, -0.15) is 0 Å². The number of anilines is 2. The predicted octanol–water partition coefficient (Wildman–Crippen LogP) is 5.24. The number of nitrogens with one attached hydrogen (secondary N) is 1. The molecule has 0 radical (unpaired) electrons. The summed E-state index contributed by atoms with van der Waals surface area (Å²) in [6.07, 6.45) is 1.73. The van der Waals surface area contributed by atoms with Crippen molar-refractivity contribution < 1.29 is 14.7 Å². The van der Waals surface area contributed by atoms with Gasteiger partial charge in [-0.1, -0.05) is 37.9 Å². The summed E-state index contributed by atoms with van der Waals surface area (Å²) < 4.78 is 1.83. The molecule has 2 aliphatic rings. The van der Waals surface area contributed by atoms with E-state index in [4.69, 9.17) is 0 Å². The van der Waals surface area contributed by atoms with Crippen LogP contribution in [0.1, 0.15) is 36.8 Å². The zero-order valence-electron chi connectivity index (χ0n) is 16.3. The third-order valence-electron chi connectivity index (χ3n) is 6.40. The molecule has 0 aromatic heterocycles. The van der Waals surface area contributed by atoms with Gasteiger partial charge in [0.15, 0.2) is 0 Å². The average molecular weight is 522 g/mol. The van der Waals surface area contributed by atoms with Crippen molar-refractivity contribution in [2.45, 2.75) is 43.6 Å². The van der Waals surface area contributed by atoms with E-state index in [-0.39, 0.29) is 5.91 Å². The molecule has 7 heteroatoms. The second-order valence-corrected chi connectivity index (χ2v) is 9.92. The summed E-state index contributed by atoms with van der Waals surface area (Å²) in [6.45, 7) is 2.01. The Balaban J connectivity index is 1.69. The van der Waals surface area contributed by atoms with Gasteiger partial charge in [-0.3, -0.25) is 4.79 Å². The molecule has 1 aliphatic heterocycles. The van der Waals surface area contributed by atoms with Crippen molar-refractivity contribution in [2.75, 3.05) is 17.3 Å². The van der Waals surface area contributed by atoms with Gasteiger partial charge >= 0.3 is 5.97 Å². The number of amides is 1. The molecule has 1 saturated carbocycles. The van der Waals surface area contributed by atoms with Crippen LogP contribution in [0.4, 0.5) is 11.4 Å². The highest BCUT2D eigenvalue weighted by Gasteiger charge is 2.56. The van der Waals surface area contributed by atoms with E-state index in [1.54, 1.807) is 4.90 Å². The summed E-state index contributed by atoms with van der Waals surface area (Å²) in [6, 6.07) is 11.6. The number of aliphatic carboxylic acids is 1. The molecule has 0 unspecified atom stereocenters. The van der Waals surface area contributed by atoms with Gasteiger partial charge in [0.25, 0.3) is 0 Å². The van der Waals surface area contributed by atoms with Crippen molar-refractivity contribution >= 4 is 55.1 Å². The third-order valence-corrected chi connectivity index (χ3v) is 7.36. The zero-order chi connectivity index (χ0) is 21.0. The zero-order valence-corrected chi connectivity index (χ0v) is 19.4. The number of aryl methyl sites for hydroxylation is 1. The number of fused-ring (bicyclic) bond motifs is 2. The molecule has 0 atom stereocenters. The number of benzene rings is 2. The Morgan fingerprint density at radius 2 is 1.79 bits per heavy atom. The summed E-state index contributed by atoms with van der Waals surface area (Å²) in [7, 11) is 1.82. The number of carboxylic acids is 1. The molecule has 0 saturated heterocycles. The summed E-state index contributed by atoms with van der Waals surface area (Å²) in [5, 5.41) is 13.3. The molecule has 2 N–H and O–H groups in total. The number of carboxylic acid groups (broad SMARTS) is 1. The van der Waals surface area contributed by atoms with Crippen LogP contribution in [0.2, 0.25) is 0 Å². The molecular weight excluding hydrogens is 500 g/mol. The molecule has 29 heavy (non-hydrogen) atoms. The Morgan fingerprint density at radius 1 is 1.10 bits per heavy atom. The molecule has 0 bridgehead atoms. The Hall–Kier alpha value is -1.86. The summed E-state index contributed by atoms with van der Waals surface area (Å²) in [5.41, 5.74) is 2.03. The van der Waals surface area contributed by atoms with Gasteiger partial charge in [-0.05, 0) is 74.1 Å². The molecule has 1 spiro atoms. The number of halogens is 2. The topological polar surface area (TPSA) is 69.6 Å². The summed E-state index contributed by atoms with van der Waals surface area (Å²) in [4.78, 5) is 27.4. The molecule has 1 fully saturated rings. The average Bonchev–Trinajstić information content (AvgIpc) is 2.86. The van der Waals surface area contributed by atoms with E-state index in [0.29, 0.717) is 25.7 Å². The quantitative estimate of drug-likeness (QED) is 0.579. The maximum absolute atomic E-state index is 13.3. The fraction of sp³-hybridized carbons (Fsp3) is 0.364. The summed E-state index contributed by atoms with van der Waals surface area (Å²) in [5.74, 6) is -0.813. The molecule has 4 rings (SSSR count). The second-order valence-electron chi connectivity index (χ2n) is 8.09. The first-order chi connectivity index (χ1) is 13.7. The van der Waals surface area contributed by atoms with Gasteiger partial charge in [-0.15, -0.1) is 0 Å². The predicted molar refractivity (Wildman–Crippen MR) is 121 cm³/mol. The first kappa shape index (κ1) is 20.4. The van der Waals surface area contributed by atoms with Crippen molar-refractivity contribution in [1.29, 1.82) is 0 Å². The van der Waals surface area contributed by atoms with E-state index in [2.05, 4.69) is 37.2 Å². The van der Waals surface area contributed by atoms with Crippen LogP contribution in [-0.4, -0.2) is 29.6 Å². The lowest BCUT2D eigenvalue weighted by molar-refractivity contribution is -0.145. The number of carbonyl (C=O) groups is 2. The monoisotopic (exact) mass is 520 g/mol. The van der Waals surface area contributed by atoms with E-state index < -0.39 is 16.9 Å². The van der Waals surface area contributed by atoms with Crippen LogP contribution < -0.4 is 10.2 Å². The summed E-state index contributed by atoms with van der Waals surface area (Å²) >= 11 is 7.00. The highest BCUT2D eigenvalue weighted by atomic mass is 79.9. The smallest absolute Gasteiger partial charge is 0.329 e. The van der Waals surface area contributed by atoms with Crippen LogP contribution >= 0.6 is 31.9 Å². The largest absolute Gasteiger partial charge is 0.480 e. The first-order valence-corrected chi connectivity index (χ1v) is 11.1. The van der Waals surface area contributed by atoms with Gasteiger partial charge in [-0.25, -0.2) is 4.79 Å². The second kappa shape index (κ2) is 7.13. The Labute approximate surface area is 186 Å². The van der Waals surface area contributed by atoms with Crippen molar-refractivity contribution in [3.8, 4) is 0 Å². The fourth-order valence-corrected chi connectivity index (χ4v) is 5.88. The van der Waals surface area contributed by atoms with Gasteiger partial charge < -0.3 is 15.3 Å². The van der Waals surface area contributed by atoms with Gasteiger partial charge in [0, 0.05) is 21.7 Å². The molecule has 1 amide bonds. The molecule has 2 aromatic rings. The minimum Gasteiger partial charge on any atom is -0.480 e. The fourth-order valence-electron chi connectivity index (χ4n) is 4.90. The number of nitrogens with zero attached hydrogens (tertiary/aromatic N) is 1. The van der Waals surface area contributed by atoms with Gasteiger partial charge in [0.2, 0.25) is 5.91 Å². The molecule has 1 heterocycles. The van der Waals surface area contributed by atoms with Crippen LogP contribution in [0.15, 0.2) is 45.3 Å². The van der Waals surface area contributed by atoms with Crippen molar-refractivity contribution in [3.05, 3.63) is 56.5 Å². The number of carbonyl (C=O) groups excluding carboxylic acids is 1. The molecule has 5 nitrogen and oxygen atoms in total. The maximum atomic E-state index is 13.3. The number of likely N-dealkylation sites (N-methyl/N-ethyl adjacent to an activating group) is 1. The first-order valence-electron chi connectivity index (χ1n) is 9.54. The normalized spacial score (nSPS) is 25.9. The highest BCUT2D eigenvalue weighted by molar-refractivity contribution is 9.10. The number of rotatable bonds is 3. The minimum atomic E-state index is -1.09. The van der Waals surface area contributed by atoms with E-state index in [9.17, 15) is 14.7 Å². The lowest BCUT2D eigenvalue weighted by atomic mass is 9.64. The van der Waals surface area contributed by atoms with Crippen LogP contribution in [0.25, 0.3) is 0 Å². The number of hydrogen-bond acceptors (Lipinski definition) is 3. The Kier molecular flexibility index (Phi) is 5.02. The Bertz CT molecular complexity index is 1010. The van der Waals surface area contributed by atoms with E-state index in [1.807, 2.05) is 50.4 Å². The van der Waals surface area contributed by atoms with Crippen LogP contribution in [0.3, 0.4) is 0 Å². The lowest BCUT2D eigenvalue weighted by Gasteiger charge is -2.42.